The van der Waals surface area contributed by atoms with Gasteiger partial charge in [-0.2, -0.15) is 0 Å². The summed E-state index contributed by atoms with van der Waals surface area (Å²) in [5.74, 6) is -1.38. The van der Waals surface area contributed by atoms with Crippen LogP contribution >= 0.6 is 0 Å². The number of carboxylic acids is 1. The minimum Gasteiger partial charge on any atom is -0.550 e. The number of benzene rings is 2. The normalized spacial score (nSPS) is 11.3. The number of carbonyl (C=O) groups excluding carboxylic acids is 2. The van der Waals surface area contributed by atoms with Gasteiger partial charge in [0.15, 0.2) is 0 Å². The maximum atomic E-state index is 12.0. The Kier molecular flexibility index (Phi) is 5.45. The maximum absolute atomic E-state index is 12.0. The van der Waals surface area contributed by atoms with Crippen molar-refractivity contribution in [3.8, 4) is 0 Å². The summed E-state index contributed by atoms with van der Waals surface area (Å²) in [5, 5.41) is 26.8. The van der Waals surface area contributed by atoms with Gasteiger partial charge in [0.1, 0.15) is 0 Å². The van der Waals surface area contributed by atoms with Gasteiger partial charge in [0.05, 0.1) is 11.0 Å². The van der Waals surface area contributed by atoms with Crippen LogP contribution in [-0.2, 0) is 4.79 Å². The molecule has 0 spiro atoms. The van der Waals surface area contributed by atoms with Crippen molar-refractivity contribution in [2.75, 3.05) is 5.32 Å². The third-order valence-electron chi connectivity index (χ3n) is 3.19. The molecule has 0 heterocycles. The summed E-state index contributed by atoms with van der Waals surface area (Å²) >= 11 is 0. The molecule has 0 aliphatic carbocycles. The number of amides is 2. The number of nitro benzene ring substituents is 1. The Labute approximate surface area is 137 Å². The summed E-state index contributed by atoms with van der Waals surface area (Å²) in [5.41, 5.74) is 0.638. The number of aliphatic carboxylic acids is 1. The van der Waals surface area contributed by atoms with E-state index < -0.39 is 29.4 Å². The van der Waals surface area contributed by atoms with Gasteiger partial charge in [0.2, 0.25) is 0 Å². The van der Waals surface area contributed by atoms with Gasteiger partial charge in [0, 0.05) is 30.2 Å². The number of hydrogen-bond acceptors (Lipinski definition) is 5. The monoisotopic (exact) mass is 328 g/mol. The Morgan fingerprint density at radius 3 is 2.42 bits per heavy atom. The van der Waals surface area contributed by atoms with E-state index in [0.717, 1.165) is 0 Å². The first-order chi connectivity index (χ1) is 11.5. The van der Waals surface area contributed by atoms with Crippen molar-refractivity contribution in [3.63, 3.8) is 0 Å². The zero-order valence-electron chi connectivity index (χ0n) is 12.5. The second-order valence-electron chi connectivity index (χ2n) is 4.95. The van der Waals surface area contributed by atoms with Gasteiger partial charge >= 0.3 is 6.03 Å². The molecule has 0 aliphatic heterocycles. The highest BCUT2D eigenvalue weighted by atomic mass is 16.6. The van der Waals surface area contributed by atoms with E-state index >= 15 is 0 Å². The Bertz CT molecular complexity index is 748. The fourth-order valence-electron chi connectivity index (χ4n) is 2.12. The van der Waals surface area contributed by atoms with Crippen molar-refractivity contribution >= 4 is 23.4 Å². The number of urea groups is 1. The van der Waals surface area contributed by atoms with Crippen LogP contribution in [0.15, 0.2) is 54.6 Å². The molecule has 0 bridgehead atoms. The molecule has 0 saturated carbocycles. The average Bonchev–Trinajstić information content (AvgIpc) is 2.55. The molecule has 2 aromatic carbocycles. The van der Waals surface area contributed by atoms with E-state index in [1.165, 1.54) is 24.3 Å². The largest absolute Gasteiger partial charge is 0.550 e. The minimum atomic E-state index is -1.38. The van der Waals surface area contributed by atoms with Crippen LogP contribution in [0.4, 0.5) is 16.2 Å². The quantitative estimate of drug-likeness (QED) is 0.615. The molecule has 2 rings (SSSR count). The maximum Gasteiger partial charge on any atom is 0.319 e. The molecular formula is C16H14N3O5-. The molecule has 0 aliphatic rings. The van der Waals surface area contributed by atoms with E-state index in [2.05, 4.69) is 10.6 Å². The third kappa shape index (κ3) is 4.80. The van der Waals surface area contributed by atoms with Crippen LogP contribution in [0.3, 0.4) is 0 Å². The number of carboxylic acid groups (broad SMARTS) is 1. The number of para-hydroxylation sites is 1. The first kappa shape index (κ1) is 16.9. The molecule has 8 heteroatoms. The molecule has 0 radical (unpaired) electrons. The molecule has 2 amide bonds. The topological polar surface area (TPSA) is 124 Å². The molecule has 0 aromatic heterocycles. The predicted molar refractivity (Wildman–Crippen MR) is 84.1 cm³/mol. The second kappa shape index (κ2) is 7.73. The van der Waals surface area contributed by atoms with E-state index in [-0.39, 0.29) is 5.69 Å². The van der Waals surface area contributed by atoms with Crippen molar-refractivity contribution in [2.24, 2.45) is 0 Å². The Hall–Kier alpha value is -3.42. The highest BCUT2D eigenvalue weighted by molar-refractivity contribution is 5.89. The molecule has 124 valence electrons. The minimum absolute atomic E-state index is 0.193. The summed E-state index contributed by atoms with van der Waals surface area (Å²) in [6.07, 6.45) is -0.511. The molecule has 0 unspecified atom stereocenters. The van der Waals surface area contributed by atoms with Crippen LogP contribution < -0.4 is 15.7 Å². The van der Waals surface area contributed by atoms with Crippen LogP contribution in [0.2, 0.25) is 0 Å². The predicted octanol–water partition coefficient (Wildman–Crippen LogP) is 1.60. The van der Waals surface area contributed by atoms with Crippen LogP contribution in [0.25, 0.3) is 0 Å². The lowest BCUT2D eigenvalue weighted by molar-refractivity contribution is -0.385. The summed E-state index contributed by atoms with van der Waals surface area (Å²) in [6.45, 7) is 0. The van der Waals surface area contributed by atoms with Gasteiger partial charge in [-0.15, -0.1) is 0 Å². The van der Waals surface area contributed by atoms with Crippen LogP contribution in [0, 0.1) is 10.1 Å². The smallest absolute Gasteiger partial charge is 0.319 e. The zero-order chi connectivity index (χ0) is 17.5. The van der Waals surface area contributed by atoms with Crippen molar-refractivity contribution in [1.29, 1.82) is 0 Å². The number of hydrogen-bond donors (Lipinski definition) is 2. The van der Waals surface area contributed by atoms with Gasteiger partial charge in [-0.1, -0.05) is 30.3 Å². The summed E-state index contributed by atoms with van der Waals surface area (Å²) in [6, 6.07) is 12.4. The summed E-state index contributed by atoms with van der Waals surface area (Å²) < 4.78 is 0. The average molecular weight is 328 g/mol. The highest BCUT2D eigenvalue weighted by Crippen LogP contribution is 2.21. The van der Waals surface area contributed by atoms with E-state index in [1.807, 2.05) is 0 Å². The Balaban J connectivity index is 2.16. The number of nitrogens with zero attached hydrogens (tertiary/aromatic N) is 1. The van der Waals surface area contributed by atoms with Crippen LogP contribution in [-0.4, -0.2) is 16.9 Å². The summed E-state index contributed by atoms with van der Waals surface area (Å²) in [7, 11) is 0. The first-order valence-corrected chi connectivity index (χ1v) is 7.02. The van der Waals surface area contributed by atoms with Gasteiger partial charge in [0.25, 0.3) is 5.69 Å². The van der Waals surface area contributed by atoms with Crippen molar-refractivity contribution in [1.82, 2.24) is 5.32 Å². The Morgan fingerprint density at radius 2 is 1.79 bits per heavy atom. The number of rotatable bonds is 6. The molecule has 0 fully saturated rings. The van der Waals surface area contributed by atoms with Crippen LogP contribution in [0.1, 0.15) is 18.0 Å². The lowest BCUT2D eigenvalue weighted by Gasteiger charge is -2.20. The highest BCUT2D eigenvalue weighted by Gasteiger charge is 2.17. The Morgan fingerprint density at radius 1 is 1.08 bits per heavy atom. The zero-order valence-corrected chi connectivity index (χ0v) is 12.5. The molecule has 0 saturated heterocycles. The molecule has 24 heavy (non-hydrogen) atoms. The van der Waals surface area contributed by atoms with Gasteiger partial charge < -0.3 is 20.5 Å². The second-order valence-corrected chi connectivity index (χ2v) is 4.95. The standard InChI is InChI=1S/C16H15N3O5/c20-15(21)10-14(11-5-4-8-13(9-11)19(23)24)18-16(22)17-12-6-2-1-3-7-12/h1-9,14H,10H2,(H,20,21)(H2,17,18,22)/p-1/t14-/m0/s1. The number of nitro groups is 1. The number of carbonyl (C=O) groups is 2. The fourth-order valence-corrected chi connectivity index (χ4v) is 2.12. The number of nitrogens with one attached hydrogen (secondary N) is 2. The van der Waals surface area contributed by atoms with Gasteiger partial charge in [-0.3, -0.25) is 10.1 Å². The number of anilines is 1. The third-order valence-corrected chi connectivity index (χ3v) is 3.19. The van der Waals surface area contributed by atoms with Crippen LogP contribution in [0.5, 0.6) is 0 Å². The summed E-state index contributed by atoms with van der Waals surface area (Å²) in [4.78, 5) is 33.2. The number of non-ortho nitro benzene ring substituents is 1. The van der Waals surface area contributed by atoms with Crippen molar-refractivity contribution < 1.29 is 19.6 Å². The van der Waals surface area contributed by atoms with Crippen molar-refractivity contribution in [3.05, 3.63) is 70.3 Å². The molecule has 2 N–H and O–H groups in total. The van der Waals surface area contributed by atoms with Gasteiger partial charge in [-0.25, -0.2) is 4.79 Å². The molecular weight excluding hydrogens is 314 g/mol. The molecule has 2 aromatic rings. The van der Waals surface area contributed by atoms with Gasteiger partial charge in [-0.05, 0) is 17.7 Å². The lowest BCUT2D eigenvalue weighted by Crippen LogP contribution is -2.36. The first-order valence-electron chi connectivity index (χ1n) is 7.02. The fraction of sp³-hybridized carbons (Fsp3) is 0.125. The SMILES string of the molecule is O=C([O-])C[C@H](NC(=O)Nc1ccccc1)c1cccc([N+](=O)[O-])c1. The molecule has 1 atom stereocenters. The van der Waals surface area contributed by atoms with E-state index in [1.54, 1.807) is 30.3 Å². The lowest BCUT2D eigenvalue weighted by atomic mass is 10.0. The molecule has 8 nitrogen and oxygen atoms in total. The van der Waals surface area contributed by atoms with Crippen molar-refractivity contribution in [2.45, 2.75) is 12.5 Å². The van der Waals surface area contributed by atoms with E-state index in [0.29, 0.717) is 11.3 Å². The van der Waals surface area contributed by atoms with E-state index in [4.69, 9.17) is 0 Å². The van der Waals surface area contributed by atoms with E-state index in [9.17, 15) is 24.8 Å².